The van der Waals surface area contributed by atoms with Crippen LogP contribution in [0.4, 0.5) is 0 Å². The minimum Gasteiger partial charge on any atom is -0.327 e. The number of nitrogens with zero attached hydrogens (tertiary/aromatic N) is 5. The Morgan fingerprint density at radius 3 is 3.04 bits per heavy atom. The average molecular weight is 340 g/mol. The SMILES string of the molecule is CC(C)n1nccc1CN1CCCC[C@@H]1c1cc(=O)n2ccnc2[nH]1. The number of aromatic amines is 1. The first-order valence-corrected chi connectivity index (χ1v) is 8.96. The molecule has 132 valence electrons. The monoisotopic (exact) mass is 340 g/mol. The zero-order chi connectivity index (χ0) is 17.4. The number of H-pyrrole nitrogens is 1. The molecule has 3 aromatic rings. The van der Waals surface area contributed by atoms with Gasteiger partial charge in [-0.25, -0.2) is 4.98 Å². The molecule has 1 N–H and O–H groups in total. The summed E-state index contributed by atoms with van der Waals surface area (Å²) in [4.78, 5) is 22.4. The van der Waals surface area contributed by atoms with Crippen LogP contribution in [-0.2, 0) is 6.54 Å². The van der Waals surface area contributed by atoms with E-state index in [1.807, 2.05) is 6.20 Å². The molecule has 4 heterocycles. The molecule has 0 radical (unpaired) electrons. The van der Waals surface area contributed by atoms with Gasteiger partial charge in [-0.1, -0.05) is 6.42 Å². The van der Waals surface area contributed by atoms with Crippen LogP contribution in [-0.4, -0.2) is 35.6 Å². The van der Waals surface area contributed by atoms with Crippen molar-refractivity contribution in [2.75, 3.05) is 6.54 Å². The van der Waals surface area contributed by atoms with Crippen LogP contribution in [0.5, 0.6) is 0 Å². The number of hydrogen-bond donors (Lipinski definition) is 1. The van der Waals surface area contributed by atoms with Gasteiger partial charge >= 0.3 is 0 Å². The summed E-state index contributed by atoms with van der Waals surface area (Å²) >= 11 is 0. The van der Waals surface area contributed by atoms with Crippen molar-refractivity contribution in [1.29, 1.82) is 0 Å². The minimum absolute atomic E-state index is 0.0287. The Labute approximate surface area is 146 Å². The van der Waals surface area contributed by atoms with Crippen LogP contribution in [0.1, 0.15) is 56.6 Å². The molecule has 1 aliphatic rings. The number of imidazole rings is 1. The second kappa shape index (κ2) is 6.48. The molecule has 4 rings (SSSR count). The molecular formula is C18H24N6O. The zero-order valence-electron chi connectivity index (χ0n) is 14.7. The third-order valence-electron chi connectivity index (χ3n) is 4.99. The van der Waals surface area contributed by atoms with Crippen LogP contribution in [0, 0.1) is 0 Å². The molecule has 0 bridgehead atoms. The summed E-state index contributed by atoms with van der Waals surface area (Å²) in [5, 5.41) is 4.45. The number of aromatic nitrogens is 5. The maximum atomic E-state index is 12.3. The van der Waals surface area contributed by atoms with Gasteiger partial charge in [0.2, 0.25) is 5.78 Å². The van der Waals surface area contributed by atoms with Crippen LogP contribution in [0.15, 0.2) is 35.5 Å². The third kappa shape index (κ3) is 3.00. The van der Waals surface area contributed by atoms with Crippen LogP contribution in [0.25, 0.3) is 5.78 Å². The second-order valence-corrected chi connectivity index (χ2v) is 7.03. The molecule has 0 spiro atoms. The highest BCUT2D eigenvalue weighted by molar-refractivity contribution is 5.30. The summed E-state index contributed by atoms with van der Waals surface area (Å²) in [6.07, 6.45) is 8.61. The summed E-state index contributed by atoms with van der Waals surface area (Å²) < 4.78 is 3.62. The number of piperidine rings is 1. The largest absolute Gasteiger partial charge is 0.327 e. The highest BCUT2D eigenvalue weighted by Crippen LogP contribution is 2.31. The molecule has 1 saturated heterocycles. The van der Waals surface area contributed by atoms with E-state index >= 15 is 0 Å². The molecule has 25 heavy (non-hydrogen) atoms. The summed E-state index contributed by atoms with van der Waals surface area (Å²) in [6, 6.07) is 4.36. The quantitative estimate of drug-likeness (QED) is 0.792. The Bertz CT molecular complexity index is 921. The van der Waals surface area contributed by atoms with Gasteiger partial charge in [-0.15, -0.1) is 0 Å². The van der Waals surface area contributed by atoms with Crippen LogP contribution in [0.2, 0.25) is 0 Å². The number of likely N-dealkylation sites (tertiary alicyclic amines) is 1. The predicted octanol–water partition coefficient (Wildman–Crippen LogP) is 2.53. The van der Waals surface area contributed by atoms with Gasteiger partial charge in [-0.2, -0.15) is 5.10 Å². The molecule has 1 atom stereocenters. The van der Waals surface area contributed by atoms with Crippen molar-refractivity contribution in [3.8, 4) is 0 Å². The maximum Gasteiger partial charge on any atom is 0.259 e. The Morgan fingerprint density at radius 2 is 2.20 bits per heavy atom. The number of fused-ring (bicyclic) bond motifs is 1. The molecule has 0 saturated carbocycles. The molecule has 1 fully saturated rings. The van der Waals surface area contributed by atoms with Gasteiger partial charge < -0.3 is 4.98 Å². The lowest BCUT2D eigenvalue weighted by Gasteiger charge is -2.35. The van der Waals surface area contributed by atoms with Crippen LogP contribution >= 0.6 is 0 Å². The van der Waals surface area contributed by atoms with Gasteiger partial charge in [-0.05, 0) is 39.3 Å². The first-order chi connectivity index (χ1) is 12.1. The molecule has 7 heteroatoms. The van der Waals surface area contributed by atoms with E-state index in [1.54, 1.807) is 22.9 Å². The lowest BCUT2D eigenvalue weighted by molar-refractivity contribution is 0.132. The first-order valence-electron chi connectivity index (χ1n) is 8.96. The maximum absolute atomic E-state index is 12.3. The van der Waals surface area contributed by atoms with E-state index in [0.29, 0.717) is 11.8 Å². The van der Waals surface area contributed by atoms with E-state index in [0.717, 1.165) is 25.2 Å². The summed E-state index contributed by atoms with van der Waals surface area (Å²) in [7, 11) is 0. The van der Waals surface area contributed by atoms with E-state index in [1.165, 1.54) is 18.5 Å². The standard InChI is InChI=1S/C18H24N6O/c1-13(2)24-14(6-7-20-24)12-22-9-4-3-5-16(22)15-11-17(25)23-10-8-19-18(23)21-15/h6-8,10-11,13,16H,3-5,9,12H2,1-2H3,(H,19,21)/t16-/m1/s1. The van der Waals surface area contributed by atoms with Gasteiger partial charge in [0, 0.05) is 42.9 Å². The average Bonchev–Trinajstić information content (AvgIpc) is 3.24. The molecule has 7 nitrogen and oxygen atoms in total. The molecule has 0 aromatic carbocycles. The van der Waals surface area contributed by atoms with E-state index < -0.39 is 0 Å². The van der Waals surface area contributed by atoms with Crippen molar-refractivity contribution in [3.63, 3.8) is 0 Å². The summed E-state index contributed by atoms with van der Waals surface area (Å²) in [5.41, 5.74) is 2.14. The smallest absolute Gasteiger partial charge is 0.259 e. The topological polar surface area (TPSA) is 71.2 Å². The van der Waals surface area contributed by atoms with Crippen molar-refractivity contribution in [2.45, 2.75) is 51.7 Å². The fraction of sp³-hybridized carbons (Fsp3) is 0.500. The Hall–Kier alpha value is -2.41. The van der Waals surface area contributed by atoms with Crippen molar-refractivity contribution in [2.24, 2.45) is 0 Å². The van der Waals surface area contributed by atoms with Crippen molar-refractivity contribution in [1.82, 2.24) is 29.0 Å². The lowest BCUT2D eigenvalue weighted by Crippen LogP contribution is -2.35. The van der Waals surface area contributed by atoms with Gasteiger partial charge in [0.1, 0.15) is 0 Å². The molecule has 3 aromatic heterocycles. The summed E-state index contributed by atoms with van der Waals surface area (Å²) in [6.45, 7) is 6.15. The fourth-order valence-corrected chi connectivity index (χ4v) is 3.79. The minimum atomic E-state index is -0.0287. The molecule has 1 aliphatic heterocycles. The number of rotatable bonds is 4. The highest BCUT2D eigenvalue weighted by Gasteiger charge is 2.26. The van der Waals surface area contributed by atoms with Crippen molar-refractivity contribution < 1.29 is 0 Å². The molecule has 0 aliphatic carbocycles. The third-order valence-corrected chi connectivity index (χ3v) is 4.99. The molecular weight excluding hydrogens is 316 g/mol. The number of nitrogens with one attached hydrogen (secondary N) is 1. The van der Waals surface area contributed by atoms with E-state index in [2.05, 4.69) is 44.6 Å². The first kappa shape index (κ1) is 16.1. The predicted molar refractivity (Wildman–Crippen MR) is 95.4 cm³/mol. The van der Waals surface area contributed by atoms with Crippen LogP contribution in [0.3, 0.4) is 0 Å². The molecule has 0 amide bonds. The Morgan fingerprint density at radius 1 is 1.32 bits per heavy atom. The van der Waals surface area contributed by atoms with Gasteiger partial charge in [0.15, 0.2) is 0 Å². The Kier molecular flexibility index (Phi) is 4.17. The van der Waals surface area contributed by atoms with Crippen LogP contribution < -0.4 is 5.56 Å². The molecule has 0 unspecified atom stereocenters. The summed E-state index contributed by atoms with van der Waals surface area (Å²) in [5.74, 6) is 0.611. The van der Waals surface area contributed by atoms with Gasteiger partial charge in [0.05, 0.1) is 11.7 Å². The van der Waals surface area contributed by atoms with E-state index in [4.69, 9.17) is 0 Å². The Balaban J connectivity index is 1.66. The van der Waals surface area contributed by atoms with Crippen molar-refractivity contribution >= 4 is 5.78 Å². The zero-order valence-corrected chi connectivity index (χ0v) is 14.7. The number of hydrogen-bond acceptors (Lipinski definition) is 4. The van der Waals surface area contributed by atoms with E-state index in [9.17, 15) is 4.79 Å². The van der Waals surface area contributed by atoms with Gasteiger partial charge in [-0.3, -0.25) is 18.8 Å². The normalized spacial score (nSPS) is 19.1. The highest BCUT2D eigenvalue weighted by atomic mass is 16.1. The van der Waals surface area contributed by atoms with Crippen molar-refractivity contribution in [3.05, 3.63) is 52.5 Å². The van der Waals surface area contributed by atoms with E-state index in [-0.39, 0.29) is 11.6 Å². The fourth-order valence-electron chi connectivity index (χ4n) is 3.79. The van der Waals surface area contributed by atoms with Gasteiger partial charge in [0.25, 0.3) is 5.56 Å². The second-order valence-electron chi connectivity index (χ2n) is 7.03. The lowest BCUT2D eigenvalue weighted by atomic mass is 9.99.